The molecule has 0 saturated carbocycles. The molecule has 27 heavy (non-hydrogen) atoms. The Bertz CT molecular complexity index is 677. The number of carbonyl (C=O) groups is 3. The van der Waals surface area contributed by atoms with Gasteiger partial charge in [-0.3, -0.25) is 4.79 Å². The average Bonchev–Trinajstić information content (AvgIpc) is 2.52. The van der Waals surface area contributed by atoms with Gasteiger partial charge in [-0.2, -0.15) is 0 Å². The molecule has 7 heteroatoms. The standard InChI is InChI=1S/C20H28N2O5/c1-13(2)26-18(24)14(3)21-17(23)16(12-15-10-8-7-9-11-15)22-19(25)27-20(4,5)6/h7-11,13,16H,3,12H2,1-2,4-6H3,(H,21,23)(H,22,25)/t16-/m1/s1. The lowest BCUT2D eigenvalue weighted by Gasteiger charge is -2.23. The van der Waals surface area contributed by atoms with Crippen molar-refractivity contribution in [1.29, 1.82) is 0 Å². The maximum atomic E-state index is 12.6. The predicted octanol–water partition coefficient (Wildman–Crippen LogP) is 2.70. The van der Waals surface area contributed by atoms with Gasteiger partial charge in [0.1, 0.15) is 17.3 Å². The van der Waals surface area contributed by atoms with E-state index in [-0.39, 0.29) is 18.2 Å². The van der Waals surface area contributed by atoms with Crippen LogP contribution in [-0.2, 0) is 25.5 Å². The van der Waals surface area contributed by atoms with Gasteiger partial charge in [0.15, 0.2) is 0 Å². The van der Waals surface area contributed by atoms with Crippen molar-refractivity contribution in [3.63, 3.8) is 0 Å². The Morgan fingerprint density at radius 2 is 1.70 bits per heavy atom. The molecule has 0 aromatic heterocycles. The van der Waals surface area contributed by atoms with Gasteiger partial charge >= 0.3 is 12.1 Å². The number of benzene rings is 1. The maximum Gasteiger partial charge on any atom is 0.408 e. The van der Waals surface area contributed by atoms with Crippen LogP contribution in [0, 0.1) is 0 Å². The van der Waals surface area contributed by atoms with E-state index in [0.717, 1.165) is 5.56 Å². The Morgan fingerprint density at radius 3 is 2.22 bits per heavy atom. The summed E-state index contributed by atoms with van der Waals surface area (Å²) in [5, 5.41) is 4.94. The maximum absolute atomic E-state index is 12.6. The molecule has 1 rings (SSSR count). The first-order chi connectivity index (χ1) is 12.5. The summed E-state index contributed by atoms with van der Waals surface area (Å²) in [7, 11) is 0. The molecular weight excluding hydrogens is 348 g/mol. The Balaban J connectivity index is 2.85. The van der Waals surface area contributed by atoms with Crippen LogP contribution in [0.5, 0.6) is 0 Å². The van der Waals surface area contributed by atoms with Crippen molar-refractivity contribution in [2.45, 2.75) is 58.8 Å². The third-order valence-corrected chi connectivity index (χ3v) is 3.15. The molecule has 1 aromatic carbocycles. The molecule has 2 N–H and O–H groups in total. The normalized spacial score (nSPS) is 12.1. The third kappa shape index (κ3) is 8.89. The van der Waals surface area contributed by atoms with Crippen molar-refractivity contribution in [2.24, 2.45) is 0 Å². The third-order valence-electron chi connectivity index (χ3n) is 3.15. The van der Waals surface area contributed by atoms with E-state index in [9.17, 15) is 14.4 Å². The largest absolute Gasteiger partial charge is 0.458 e. The van der Waals surface area contributed by atoms with Gasteiger partial charge in [-0.15, -0.1) is 0 Å². The minimum atomic E-state index is -0.953. The van der Waals surface area contributed by atoms with Crippen LogP contribution in [-0.4, -0.2) is 35.7 Å². The predicted molar refractivity (Wildman–Crippen MR) is 102 cm³/mol. The van der Waals surface area contributed by atoms with E-state index in [1.807, 2.05) is 30.3 Å². The Hall–Kier alpha value is -2.83. The molecular formula is C20H28N2O5. The number of carbonyl (C=O) groups excluding carboxylic acids is 3. The van der Waals surface area contributed by atoms with E-state index >= 15 is 0 Å². The van der Waals surface area contributed by atoms with Gasteiger partial charge in [0.2, 0.25) is 5.91 Å². The second kappa shape index (κ2) is 9.75. The zero-order valence-corrected chi connectivity index (χ0v) is 16.5. The van der Waals surface area contributed by atoms with Gasteiger partial charge < -0.3 is 20.1 Å². The number of alkyl carbamates (subject to hydrolysis) is 1. The van der Waals surface area contributed by atoms with Crippen LogP contribution in [0.15, 0.2) is 42.6 Å². The fourth-order valence-electron chi connectivity index (χ4n) is 2.08. The SMILES string of the molecule is C=C(NC(=O)[C@@H](Cc1ccccc1)NC(=O)OC(C)(C)C)C(=O)OC(C)C. The number of amides is 2. The van der Waals surface area contributed by atoms with Crippen molar-refractivity contribution in [3.05, 3.63) is 48.2 Å². The molecule has 0 fully saturated rings. The van der Waals surface area contributed by atoms with Crippen LogP contribution in [0.3, 0.4) is 0 Å². The molecule has 0 heterocycles. The molecule has 0 spiro atoms. The van der Waals surface area contributed by atoms with E-state index in [4.69, 9.17) is 9.47 Å². The molecule has 1 atom stereocenters. The molecule has 0 unspecified atom stereocenters. The van der Waals surface area contributed by atoms with Crippen molar-refractivity contribution < 1.29 is 23.9 Å². The van der Waals surface area contributed by atoms with E-state index in [2.05, 4.69) is 17.2 Å². The summed E-state index contributed by atoms with van der Waals surface area (Å²) in [5.41, 5.74) is -0.0652. The number of nitrogens with one attached hydrogen (secondary N) is 2. The van der Waals surface area contributed by atoms with Crippen LogP contribution in [0.25, 0.3) is 0 Å². The second-order valence-electron chi connectivity index (χ2n) is 7.31. The molecule has 0 saturated heterocycles. The quantitative estimate of drug-likeness (QED) is 0.564. The summed E-state index contributed by atoms with van der Waals surface area (Å²) < 4.78 is 10.2. The summed E-state index contributed by atoms with van der Waals surface area (Å²) in [5.74, 6) is -1.32. The van der Waals surface area contributed by atoms with E-state index in [0.29, 0.717) is 0 Å². The minimum absolute atomic E-state index is 0.197. The number of rotatable bonds is 7. The first-order valence-electron chi connectivity index (χ1n) is 8.72. The van der Waals surface area contributed by atoms with Gasteiger partial charge in [-0.25, -0.2) is 9.59 Å². The summed E-state index contributed by atoms with van der Waals surface area (Å²) >= 11 is 0. The molecule has 2 amide bonds. The Kier molecular flexibility index (Phi) is 8.02. The van der Waals surface area contributed by atoms with Crippen molar-refractivity contribution in [1.82, 2.24) is 10.6 Å². The number of hydrogen-bond donors (Lipinski definition) is 2. The highest BCUT2D eigenvalue weighted by molar-refractivity contribution is 5.96. The summed E-state index contributed by atoms with van der Waals surface area (Å²) in [6.45, 7) is 12.1. The summed E-state index contributed by atoms with van der Waals surface area (Å²) in [6.07, 6.45) is -0.849. The fourth-order valence-corrected chi connectivity index (χ4v) is 2.08. The minimum Gasteiger partial charge on any atom is -0.458 e. The lowest BCUT2D eigenvalue weighted by Crippen LogP contribution is -2.49. The van der Waals surface area contributed by atoms with Crippen molar-refractivity contribution in [2.75, 3.05) is 0 Å². The van der Waals surface area contributed by atoms with Gasteiger partial charge in [0.25, 0.3) is 0 Å². The van der Waals surface area contributed by atoms with E-state index < -0.39 is 29.6 Å². The van der Waals surface area contributed by atoms with Crippen LogP contribution in [0.4, 0.5) is 4.79 Å². The average molecular weight is 376 g/mol. The molecule has 7 nitrogen and oxygen atoms in total. The highest BCUT2D eigenvalue weighted by Gasteiger charge is 2.26. The van der Waals surface area contributed by atoms with Crippen LogP contribution in [0.2, 0.25) is 0 Å². The van der Waals surface area contributed by atoms with Gasteiger partial charge in [0.05, 0.1) is 6.10 Å². The highest BCUT2D eigenvalue weighted by Crippen LogP contribution is 2.09. The number of hydrogen-bond acceptors (Lipinski definition) is 5. The molecule has 1 aromatic rings. The van der Waals surface area contributed by atoms with Crippen LogP contribution >= 0.6 is 0 Å². The first-order valence-corrected chi connectivity index (χ1v) is 8.72. The van der Waals surface area contributed by atoms with Crippen molar-refractivity contribution in [3.8, 4) is 0 Å². The smallest absolute Gasteiger partial charge is 0.408 e. The first kappa shape index (κ1) is 22.2. The molecule has 0 aliphatic carbocycles. The van der Waals surface area contributed by atoms with Gasteiger partial charge in [-0.05, 0) is 40.2 Å². The number of ether oxygens (including phenoxy) is 2. The molecule has 0 bridgehead atoms. The van der Waals surface area contributed by atoms with Crippen molar-refractivity contribution >= 4 is 18.0 Å². The van der Waals surface area contributed by atoms with Crippen LogP contribution < -0.4 is 10.6 Å². The monoisotopic (exact) mass is 376 g/mol. The van der Waals surface area contributed by atoms with Gasteiger partial charge in [-0.1, -0.05) is 36.9 Å². The van der Waals surface area contributed by atoms with E-state index in [1.54, 1.807) is 34.6 Å². The molecule has 0 aliphatic rings. The Labute approximate surface area is 160 Å². The number of esters is 1. The summed E-state index contributed by atoms with van der Waals surface area (Å²) in [6, 6.07) is 8.22. The highest BCUT2D eigenvalue weighted by atomic mass is 16.6. The zero-order chi connectivity index (χ0) is 20.6. The van der Waals surface area contributed by atoms with Crippen LogP contribution in [0.1, 0.15) is 40.2 Å². The molecule has 0 aliphatic heterocycles. The van der Waals surface area contributed by atoms with E-state index in [1.165, 1.54) is 0 Å². The lowest BCUT2D eigenvalue weighted by molar-refractivity contribution is -0.144. The van der Waals surface area contributed by atoms with Gasteiger partial charge in [0, 0.05) is 6.42 Å². The molecule has 148 valence electrons. The second-order valence-corrected chi connectivity index (χ2v) is 7.31. The Morgan fingerprint density at radius 1 is 1.11 bits per heavy atom. The zero-order valence-electron chi connectivity index (χ0n) is 16.5. The fraction of sp³-hybridized carbons (Fsp3) is 0.450. The molecule has 0 radical (unpaired) electrons. The lowest BCUT2D eigenvalue weighted by atomic mass is 10.1. The summed E-state index contributed by atoms with van der Waals surface area (Å²) in [4.78, 5) is 36.5. The topological polar surface area (TPSA) is 93.7 Å².